The maximum absolute atomic E-state index is 9.98. The van der Waals surface area contributed by atoms with Crippen LogP contribution in [0.25, 0.3) is 22.3 Å². The van der Waals surface area contributed by atoms with Gasteiger partial charge < -0.3 is 15.7 Å². The average Bonchev–Trinajstić information content (AvgIpc) is 3.23. The van der Waals surface area contributed by atoms with Crippen LogP contribution >= 0.6 is 0 Å². The number of nitrogens with one attached hydrogen (secondary N) is 2. The van der Waals surface area contributed by atoms with Gasteiger partial charge in [-0.05, 0) is 37.7 Å². The normalized spacial score (nSPS) is 22.0. The van der Waals surface area contributed by atoms with Crippen LogP contribution in [0.1, 0.15) is 50.6 Å². The van der Waals surface area contributed by atoms with E-state index in [0.717, 1.165) is 93.7 Å². The molecule has 1 aromatic carbocycles. The first-order chi connectivity index (χ1) is 16.2. The van der Waals surface area contributed by atoms with Crippen LogP contribution in [0, 0.1) is 0 Å². The number of anilines is 1. The van der Waals surface area contributed by atoms with E-state index in [9.17, 15) is 5.11 Å². The number of benzene rings is 1. The van der Waals surface area contributed by atoms with Crippen molar-refractivity contribution in [2.75, 3.05) is 38.0 Å². The Bertz CT molecular complexity index is 1050. The topological polar surface area (TPSA) is 91.1 Å². The zero-order valence-corrected chi connectivity index (χ0v) is 19.5. The summed E-state index contributed by atoms with van der Waals surface area (Å²) >= 11 is 0. The van der Waals surface area contributed by atoms with Gasteiger partial charge in [0.25, 0.3) is 0 Å². The number of aliphatic hydroxyl groups is 1. The summed E-state index contributed by atoms with van der Waals surface area (Å²) in [5, 5.41) is 22.7. The third-order valence-corrected chi connectivity index (χ3v) is 6.84. The van der Waals surface area contributed by atoms with E-state index in [1.165, 1.54) is 5.56 Å². The lowest BCUT2D eigenvalue weighted by atomic mass is 9.93. The predicted octanol–water partition coefficient (Wildman–Crippen LogP) is 3.20. The van der Waals surface area contributed by atoms with Crippen molar-refractivity contribution < 1.29 is 5.11 Å². The number of aliphatic hydroxyl groups excluding tert-OH is 1. The molecule has 1 aliphatic heterocycles. The lowest BCUT2D eigenvalue weighted by Gasteiger charge is -2.27. The van der Waals surface area contributed by atoms with Crippen molar-refractivity contribution in [1.82, 2.24) is 30.0 Å². The van der Waals surface area contributed by atoms with Crippen LogP contribution in [-0.2, 0) is 6.54 Å². The molecule has 8 heteroatoms. The first-order valence-corrected chi connectivity index (χ1v) is 12.4. The minimum Gasteiger partial charge on any atom is -0.393 e. The summed E-state index contributed by atoms with van der Waals surface area (Å²) in [5.41, 5.74) is 4.24. The maximum Gasteiger partial charge on any atom is 0.224 e. The minimum absolute atomic E-state index is 0.192. The zero-order valence-electron chi connectivity index (χ0n) is 19.5. The van der Waals surface area contributed by atoms with Gasteiger partial charge >= 0.3 is 0 Å². The van der Waals surface area contributed by atoms with Crippen LogP contribution in [0.4, 0.5) is 5.95 Å². The van der Waals surface area contributed by atoms with E-state index in [2.05, 4.69) is 56.4 Å². The van der Waals surface area contributed by atoms with Gasteiger partial charge in [-0.15, -0.1) is 0 Å². The molecule has 1 aliphatic carbocycles. The molecule has 3 aromatic rings. The minimum atomic E-state index is -0.192. The summed E-state index contributed by atoms with van der Waals surface area (Å²) in [6.45, 7) is 8.28. The van der Waals surface area contributed by atoms with E-state index in [0.29, 0.717) is 5.95 Å². The zero-order chi connectivity index (χ0) is 22.6. The van der Waals surface area contributed by atoms with Gasteiger partial charge in [0.05, 0.1) is 17.5 Å². The van der Waals surface area contributed by atoms with Gasteiger partial charge in [-0.2, -0.15) is 10.1 Å². The molecule has 0 atom stereocenters. The summed E-state index contributed by atoms with van der Waals surface area (Å²) in [4.78, 5) is 11.9. The fraction of sp³-hybridized carbons (Fsp3) is 0.560. The second-order valence-electron chi connectivity index (χ2n) is 9.34. The Balaban J connectivity index is 1.45. The molecule has 0 spiro atoms. The van der Waals surface area contributed by atoms with E-state index in [1.807, 2.05) is 6.20 Å². The molecule has 8 nitrogen and oxygen atoms in total. The van der Waals surface area contributed by atoms with Crippen molar-refractivity contribution in [3.05, 3.63) is 36.0 Å². The number of nitrogens with zero attached hydrogens (tertiary/aromatic N) is 5. The van der Waals surface area contributed by atoms with Gasteiger partial charge in [0.15, 0.2) is 5.65 Å². The molecule has 3 heterocycles. The Kier molecular flexibility index (Phi) is 6.85. The molecule has 2 aliphatic rings. The van der Waals surface area contributed by atoms with Gasteiger partial charge in [-0.1, -0.05) is 31.2 Å². The highest BCUT2D eigenvalue weighted by Crippen LogP contribution is 2.34. The van der Waals surface area contributed by atoms with Crippen LogP contribution in [0.15, 0.2) is 30.5 Å². The van der Waals surface area contributed by atoms with Crippen LogP contribution in [0.5, 0.6) is 0 Å². The lowest BCUT2D eigenvalue weighted by Crippen LogP contribution is -2.42. The van der Waals surface area contributed by atoms with Crippen molar-refractivity contribution in [2.24, 2.45) is 0 Å². The standard InChI is InChI=1S/C25H35N7O/c1-2-11-27-25-28-16-22-23(30-32(24(22)29-25)20-7-9-21(33)10-8-20)19-5-3-18(4-6-19)17-31-14-12-26-13-15-31/h3-6,16,20-21,26,33H,2,7-15,17H2,1H3,(H,27,28,29). The highest BCUT2D eigenvalue weighted by molar-refractivity contribution is 5.91. The van der Waals surface area contributed by atoms with Crippen LogP contribution < -0.4 is 10.6 Å². The molecular formula is C25H35N7O. The molecule has 0 radical (unpaired) electrons. The van der Waals surface area contributed by atoms with Crippen LogP contribution in [0.2, 0.25) is 0 Å². The van der Waals surface area contributed by atoms with Crippen LogP contribution in [0.3, 0.4) is 0 Å². The number of rotatable bonds is 7. The Morgan fingerprint density at radius 2 is 1.85 bits per heavy atom. The van der Waals surface area contributed by atoms with E-state index >= 15 is 0 Å². The molecule has 1 saturated heterocycles. The predicted molar refractivity (Wildman–Crippen MR) is 131 cm³/mol. The van der Waals surface area contributed by atoms with Crippen LogP contribution in [-0.4, -0.2) is 68.6 Å². The van der Waals surface area contributed by atoms with Gasteiger partial charge in [0.1, 0.15) is 5.69 Å². The van der Waals surface area contributed by atoms with Gasteiger partial charge in [-0.3, -0.25) is 4.90 Å². The molecular weight excluding hydrogens is 414 g/mol. The third kappa shape index (κ3) is 5.03. The fourth-order valence-corrected chi connectivity index (χ4v) is 4.91. The molecule has 0 bridgehead atoms. The van der Waals surface area contributed by atoms with Crippen molar-refractivity contribution in [3.63, 3.8) is 0 Å². The Hall–Kier alpha value is -2.55. The monoisotopic (exact) mass is 449 g/mol. The Morgan fingerprint density at radius 3 is 2.58 bits per heavy atom. The van der Waals surface area contributed by atoms with E-state index < -0.39 is 0 Å². The molecule has 1 saturated carbocycles. The number of fused-ring (bicyclic) bond motifs is 1. The smallest absolute Gasteiger partial charge is 0.224 e. The summed E-state index contributed by atoms with van der Waals surface area (Å²) in [6, 6.07) is 9.05. The summed E-state index contributed by atoms with van der Waals surface area (Å²) in [7, 11) is 0. The molecule has 0 amide bonds. The fourth-order valence-electron chi connectivity index (χ4n) is 4.91. The third-order valence-electron chi connectivity index (χ3n) is 6.84. The highest BCUT2D eigenvalue weighted by Gasteiger charge is 2.25. The summed E-state index contributed by atoms with van der Waals surface area (Å²) in [6.07, 6.45) is 6.20. The number of hydrogen-bond donors (Lipinski definition) is 3. The number of hydrogen-bond acceptors (Lipinski definition) is 7. The first kappa shape index (κ1) is 22.3. The van der Waals surface area contributed by atoms with Gasteiger partial charge in [0.2, 0.25) is 5.95 Å². The number of aromatic nitrogens is 4. The van der Waals surface area contributed by atoms with E-state index in [4.69, 9.17) is 10.1 Å². The molecule has 176 valence electrons. The Morgan fingerprint density at radius 1 is 1.09 bits per heavy atom. The molecule has 3 N–H and O–H groups in total. The molecule has 5 rings (SSSR count). The lowest BCUT2D eigenvalue weighted by molar-refractivity contribution is 0.109. The second kappa shape index (κ2) is 10.2. The van der Waals surface area contributed by atoms with Gasteiger partial charge in [-0.25, -0.2) is 9.67 Å². The SMILES string of the molecule is CCCNc1ncc2c(-c3ccc(CN4CCNCC4)cc3)nn(C3CCC(O)CC3)c2n1. The molecule has 2 aromatic heterocycles. The second-order valence-corrected chi connectivity index (χ2v) is 9.34. The summed E-state index contributed by atoms with van der Waals surface area (Å²) < 4.78 is 2.09. The van der Waals surface area contributed by atoms with Crippen molar-refractivity contribution >= 4 is 17.0 Å². The Labute approximate surface area is 195 Å². The molecule has 0 unspecified atom stereocenters. The van der Waals surface area contributed by atoms with Crippen molar-refractivity contribution in [2.45, 2.75) is 57.7 Å². The van der Waals surface area contributed by atoms with E-state index in [-0.39, 0.29) is 12.1 Å². The average molecular weight is 450 g/mol. The first-order valence-electron chi connectivity index (χ1n) is 12.4. The maximum atomic E-state index is 9.98. The van der Waals surface area contributed by atoms with Crippen molar-refractivity contribution in [3.8, 4) is 11.3 Å². The highest BCUT2D eigenvalue weighted by atomic mass is 16.3. The largest absolute Gasteiger partial charge is 0.393 e. The number of piperazine rings is 1. The molecule has 2 fully saturated rings. The van der Waals surface area contributed by atoms with Crippen molar-refractivity contribution in [1.29, 1.82) is 0 Å². The molecule has 33 heavy (non-hydrogen) atoms. The van der Waals surface area contributed by atoms with E-state index in [1.54, 1.807) is 0 Å². The summed E-state index contributed by atoms with van der Waals surface area (Å²) in [5.74, 6) is 0.652. The quantitative estimate of drug-likeness (QED) is 0.510. The van der Waals surface area contributed by atoms with Gasteiger partial charge in [0, 0.05) is 51.0 Å².